The number of carbonyl (C=O) groups excluding carboxylic acids is 1. The summed E-state index contributed by atoms with van der Waals surface area (Å²) in [7, 11) is 0. The number of aliphatic hydroxyl groups is 1. The average Bonchev–Trinajstić information content (AvgIpc) is 2.89. The Hall–Kier alpha value is -1.43. The van der Waals surface area contributed by atoms with Gasteiger partial charge in [-0.2, -0.15) is 0 Å². The van der Waals surface area contributed by atoms with E-state index in [1.807, 2.05) is 35.2 Å². The van der Waals surface area contributed by atoms with Gasteiger partial charge < -0.3 is 19.6 Å². The van der Waals surface area contributed by atoms with E-state index in [4.69, 9.17) is 4.74 Å². The molecule has 1 N–H and O–H groups in total. The zero-order valence-electron chi connectivity index (χ0n) is 15.7. The number of rotatable bonds is 7. The minimum Gasteiger partial charge on any atom is -0.396 e. The van der Waals surface area contributed by atoms with Gasteiger partial charge in [0.2, 0.25) is 5.91 Å². The van der Waals surface area contributed by atoms with E-state index in [9.17, 15) is 9.90 Å². The van der Waals surface area contributed by atoms with Gasteiger partial charge in [0.25, 0.3) is 0 Å². The van der Waals surface area contributed by atoms with Gasteiger partial charge in [0.1, 0.15) is 6.61 Å². The van der Waals surface area contributed by atoms with Crippen LogP contribution in [0.5, 0.6) is 0 Å². The van der Waals surface area contributed by atoms with Crippen molar-refractivity contribution in [1.82, 2.24) is 9.80 Å². The average molecular weight is 360 g/mol. The van der Waals surface area contributed by atoms with Crippen LogP contribution in [0, 0.1) is 11.8 Å². The molecular formula is C21H32N2O3. The van der Waals surface area contributed by atoms with Gasteiger partial charge >= 0.3 is 0 Å². The molecule has 0 spiro atoms. The molecule has 2 saturated heterocycles. The zero-order valence-corrected chi connectivity index (χ0v) is 15.7. The highest BCUT2D eigenvalue weighted by Crippen LogP contribution is 2.25. The van der Waals surface area contributed by atoms with E-state index >= 15 is 0 Å². The lowest BCUT2D eigenvalue weighted by molar-refractivity contribution is -0.135. The number of hydrogen-bond acceptors (Lipinski definition) is 4. The Morgan fingerprint density at radius 3 is 2.42 bits per heavy atom. The van der Waals surface area contributed by atoms with Crippen LogP contribution in [0.15, 0.2) is 30.3 Å². The van der Waals surface area contributed by atoms with Crippen LogP contribution in [0.25, 0.3) is 0 Å². The minimum absolute atomic E-state index is 0.0396. The lowest BCUT2D eigenvalue weighted by Crippen LogP contribution is -2.35. The van der Waals surface area contributed by atoms with Gasteiger partial charge in [-0.15, -0.1) is 0 Å². The Balaban J connectivity index is 1.45. The molecule has 26 heavy (non-hydrogen) atoms. The molecule has 3 rings (SSSR count). The zero-order chi connectivity index (χ0) is 18.2. The molecular weight excluding hydrogens is 328 g/mol. The summed E-state index contributed by atoms with van der Waals surface area (Å²) in [5.41, 5.74) is 1.08. The monoisotopic (exact) mass is 360 g/mol. The van der Waals surface area contributed by atoms with Crippen molar-refractivity contribution < 1.29 is 14.6 Å². The molecule has 2 aliphatic heterocycles. The number of aliphatic hydroxyl groups excluding tert-OH is 1. The van der Waals surface area contributed by atoms with E-state index < -0.39 is 0 Å². The van der Waals surface area contributed by atoms with Gasteiger partial charge in [0, 0.05) is 32.2 Å². The van der Waals surface area contributed by atoms with Crippen molar-refractivity contribution in [2.45, 2.75) is 32.3 Å². The van der Waals surface area contributed by atoms with Gasteiger partial charge in [-0.25, -0.2) is 0 Å². The normalized spacial score (nSPS) is 24.6. The summed E-state index contributed by atoms with van der Waals surface area (Å²) >= 11 is 0. The molecule has 0 unspecified atom stereocenters. The third kappa shape index (κ3) is 5.53. The van der Waals surface area contributed by atoms with Crippen molar-refractivity contribution in [2.24, 2.45) is 11.8 Å². The number of hydrogen-bond donors (Lipinski definition) is 1. The highest BCUT2D eigenvalue weighted by molar-refractivity contribution is 5.77. The number of nitrogens with zero attached hydrogens (tertiary/aromatic N) is 2. The summed E-state index contributed by atoms with van der Waals surface area (Å²) in [6.07, 6.45) is 5.20. The fraction of sp³-hybridized carbons (Fsp3) is 0.667. The molecule has 0 radical (unpaired) electrons. The summed E-state index contributed by atoms with van der Waals surface area (Å²) in [5, 5.41) is 9.76. The maximum atomic E-state index is 12.5. The molecule has 1 amide bonds. The molecule has 2 fully saturated rings. The van der Waals surface area contributed by atoms with Crippen LogP contribution in [-0.4, -0.2) is 66.8 Å². The van der Waals surface area contributed by atoms with E-state index in [1.54, 1.807) is 0 Å². The van der Waals surface area contributed by atoms with E-state index in [0.29, 0.717) is 19.1 Å². The van der Waals surface area contributed by atoms with Gasteiger partial charge in [-0.3, -0.25) is 4.79 Å². The molecule has 1 aromatic rings. The molecule has 0 aliphatic carbocycles. The second-order valence-electron chi connectivity index (χ2n) is 7.69. The largest absolute Gasteiger partial charge is 0.396 e. The maximum Gasteiger partial charge on any atom is 0.248 e. The Labute approximate surface area is 156 Å². The molecule has 5 nitrogen and oxygen atoms in total. The van der Waals surface area contributed by atoms with Gasteiger partial charge in [-0.05, 0) is 37.4 Å². The van der Waals surface area contributed by atoms with Crippen LogP contribution in [0.1, 0.15) is 31.2 Å². The Kier molecular flexibility index (Phi) is 7.47. The SMILES string of the molecule is O=C(COCc1ccccc1)N1C[C@@H](CO)[C@@H](CN2CCCCCC2)C1. The van der Waals surface area contributed by atoms with Crippen LogP contribution >= 0.6 is 0 Å². The Morgan fingerprint density at radius 2 is 1.73 bits per heavy atom. The van der Waals surface area contributed by atoms with E-state index in [2.05, 4.69) is 4.90 Å². The Bertz CT molecular complexity index is 543. The highest BCUT2D eigenvalue weighted by Gasteiger charge is 2.35. The van der Waals surface area contributed by atoms with E-state index in [1.165, 1.54) is 25.7 Å². The fourth-order valence-corrected chi connectivity index (χ4v) is 4.13. The van der Waals surface area contributed by atoms with Crippen molar-refractivity contribution in [3.8, 4) is 0 Å². The van der Waals surface area contributed by atoms with Crippen LogP contribution in [-0.2, 0) is 16.1 Å². The molecule has 1 aromatic carbocycles. The number of carbonyl (C=O) groups is 1. The van der Waals surface area contributed by atoms with E-state index in [-0.39, 0.29) is 25.0 Å². The van der Waals surface area contributed by atoms with E-state index in [0.717, 1.165) is 31.7 Å². The number of benzene rings is 1. The molecule has 2 heterocycles. The number of ether oxygens (including phenoxy) is 1. The predicted octanol–water partition coefficient (Wildman–Crippen LogP) is 2.15. The quantitative estimate of drug-likeness (QED) is 0.809. The smallest absolute Gasteiger partial charge is 0.248 e. The summed E-state index contributed by atoms with van der Waals surface area (Å²) in [6, 6.07) is 9.91. The molecule has 2 aliphatic rings. The summed E-state index contributed by atoms with van der Waals surface area (Å²) < 4.78 is 5.60. The highest BCUT2D eigenvalue weighted by atomic mass is 16.5. The number of likely N-dealkylation sites (tertiary alicyclic amines) is 2. The standard InChI is InChI=1S/C21H32N2O3/c24-15-20-14-23(13-19(20)12-22-10-6-1-2-7-11-22)21(25)17-26-16-18-8-4-3-5-9-18/h3-5,8-9,19-20,24H,1-2,6-7,10-17H2/t19-,20-/m0/s1. The van der Waals surface area contributed by atoms with Crippen LogP contribution in [0.2, 0.25) is 0 Å². The van der Waals surface area contributed by atoms with Crippen LogP contribution < -0.4 is 0 Å². The fourth-order valence-electron chi connectivity index (χ4n) is 4.13. The lowest BCUT2D eigenvalue weighted by Gasteiger charge is -2.26. The second kappa shape index (κ2) is 10.0. The number of amides is 1. The maximum absolute atomic E-state index is 12.5. The van der Waals surface area contributed by atoms with Gasteiger partial charge in [0.05, 0.1) is 6.61 Å². The second-order valence-corrected chi connectivity index (χ2v) is 7.69. The van der Waals surface area contributed by atoms with Crippen molar-refractivity contribution in [3.05, 3.63) is 35.9 Å². The van der Waals surface area contributed by atoms with Crippen molar-refractivity contribution >= 4 is 5.91 Å². The first-order valence-electron chi connectivity index (χ1n) is 9.99. The van der Waals surface area contributed by atoms with Crippen LogP contribution in [0.4, 0.5) is 0 Å². The minimum atomic E-state index is 0.0396. The Morgan fingerprint density at radius 1 is 1.04 bits per heavy atom. The van der Waals surface area contributed by atoms with Crippen molar-refractivity contribution in [2.75, 3.05) is 45.9 Å². The molecule has 5 heteroatoms. The first-order valence-corrected chi connectivity index (χ1v) is 9.99. The predicted molar refractivity (Wildman–Crippen MR) is 102 cm³/mol. The third-order valence-corrected chi connectivity index (χ3v) is 5.69. The first kappa shape index (κ1) is 19.3. The van der Waals surface area contributed by atoms with Crippen LogP contribution in [0.3, 0.4) is 0 Å². The molecule has 2 atom stereocenters. The molecule has 144 valence electrons. The van der Waals surface area contributed by atoms with Crippen molar-refractivity contribution in [3.63, 3.8) is 0 Å². The lowest BCUT2D eigenvalue weighted by atomic mass is 9.96. The third-order valence-electron chi connectivity index (χ3n) is 5.69. The summed E-state index contributed by atoms with van der Waals surface area (Å²) in [6.45, 7) is 5.45. The first-order chi connectivity index (χ1) is 12.8. The summed E-state index contributed by atoms with van der Waals surface area (Å²) in [5.74, 6) is 0.602. The topological polar surface area (TPSA) is 53.0 Å². The van der Waals surface area contributed by atoms with Gasteiger partial charge in [-0.1, -0.05) is 43.2 Å². The molecule has 0 aromatic heterocycles. The molecule has 0 bridgehead atoms. The van der Waals surface area contributed by atoms with Gasteiger partial charge in [0.15, 0.2) is 0 Å². The summed E-state index contributed by atoms with van der Waals surface area (Å²) in [4.78, 5) is 16.9. The van der Waals surface area contributed by atoms with Crippen molar-refractivity contribution in [1.29, 1.82) is 0 Å². The molecule has 0 saturated carbocycles.